The van der Waals surface area contributed by atoms with Crippen molar-refractivity contribution in [3.63, 3.8) is 0 Å². The van der Waals surface area contributed by atoms with Gasteiger partial charge in [0, 0.05) is 5.92 Å². The smallest absolute Gasteiger partial charge is 0.294 e. The molecule has 4 rings (SSSR count). The van der Waals surface area contributed by atoms with E-state index in [9.17, 15) is 4.79 Å². The minimum atomic E-state index is -0.424. The third-order valence-corrected chi connectivity index (χ3v) is 5.97. The Morgan fingerprint density at radius 1 is 1.24 bits per heavy atom. The molecule has 0 amide bonds. The van der Waals surface area contributed by atoms with Crippen LogP contribution in [-0.2, 0) is 11.3 Å². The maximum atomic E-state index is 12.9. The molecule has 1 N–H and O–H groups in total. The van der Waals surface area contributed by atoms with E-state index < -0.39 is 5.56 Å². The molecule has 2 atom stereocenters. The highest BCUT2D eigenvalue weighted by Crippen LogP contribution is 2.26. The molecule has 0 bridgehead atoms. The maximum Gasteiger partial charge on any atom is 0.294 e. The Bertz CT molecular complexity index is 1100. The van der Waals surface area contributed by atoms with Crippen LogP contribution in [0.4, 0.5) is 5.95 Å². The van der Waals surface area contributed by atoms with Gasteiger partial charge >= 0.3 is 0 Å². The minimum Gasteiger partial charge on any atom is -0.492 e. The highest BCUT2D eigenvalue weighted by Gasteiger charge is 2.22. The average molecular weight is 489 g/mol. The zero-order valence-electron chi connectivity index (χ0n) is 19.2. The van der Waals surface area contributed by atoms with Crippen LogP contribution in [0, 0.1) is 5.92 Å². The largest absolute Gasteiger partial charge is 0.492 e. The Hall–Kier alpha value is -2.57. The van der Waals surface area contributed by atoms with Crippen molar-refractivity contribution in [2.75, 3.05) is 11.9 Å². The lowest BCUT2D eigenvalue weighted by atomic mass is 9.99. The van der Waals surface area contributed by atoms with Crippen LogP contribution < -0.4 is 10.9 Å². The zero-order chi connectivity index (χ0) is 23.8. The molecule has 2 unspecified atom stereocenters. The molecule has 1 aliphatic heterocycles. The maximum absolute atomic E-state index is 12.9. The number of alkyl halides is 1. The van der Waals surface area contributed by atoms with Gasteiger partial charge in [-0.1, -0.05) is 74.9 Å². The summed E-state index contributed by atoms with van der Waals surface area (Å²) in [4.78, 5) is 17.4. The van der Waals surface area contributed by atoms with Gasteiger partial charge < -0.3 is 10.1 Å². The molecular weight excluding hydrogens is 459 g/mol. The van der Waals surface area contributed by atoms with Crippen molar-refractivity contribution in [1.29, 1.82) is 0 Å². The first-order valence-electron chi connectivity index (χ1n) is 11.3. The Morgan fingerprint density at radius 2 is 2.06 bits per heavy atom. The quantitative estimate of drug-likeness (QED) is 0.417. The minimum absolute atomic E-state index is 0.00930. The van der Waals surface area contributed by atoms with Gasteiger partial charge in [0.25, 0.3) is 5.56 Å². The second-order valence-corrected chi connectivity index (χ2v) is 8.55. The highest BCUT2D eigenvalue weighted by atomic mass is 35.5. The number of ether oxygens (including phenoxy) is 1. The molecule has 0 saturated carbocycles. The number of allylic oxidation sites excluding steroid dienone is 9. The van der Waals surface area contributed by atoms with E-state index in [2.05, 4.69) is 34.5 Å². The van der Waals surface area contributed by atoms with Crippen molar-refractivity contribution in [3.8, 4) is 0 Å². The van der Waals surface area contributed by atoms with Crippen LogP contribution in [0.5, 0.6) is 0 Å². The molecule has 0 fully saturated rings. The topological polar surface area (TPSA) is 68.5 Å². The number of nitrogens with zero attached hydrogens (tertiary/aromatic N) is 3. The third-order valence-electron chi connectivity index (χ3n) is 5.26. The molecule has 176 valence electrons. The predicted octanol–water partition coefficient (Wildman–Crippen LogP) is 5.99. The summed E-state index contributed by atoms with van der Waals surface area (Å²) in [5, 5.41) is 7.65. The second kappa shape index (κ2) is 12.1. The number of hydrogen-bond acceptors (Lipinski definition) is 5. The summed E-state index contributed by atoms with van der Waals surface area (Å²) < 4.78 is 7.22. The summed E-state index contributed by atoms with van der Waals surface area (Å²) in [6.07, 6.45) is 18.5. The Kier molecular flexibility index (Phi) is 9.15. The Labute approximate surface area is 205 Å². The first-order chi connectivity index (χ1) is 16.0. The van der Waals surface area contributed by atoms with Crippen molar-refractivity contribution < 1.29 is 4.74 Å². The summed E-state index contributed by atoms with van der Waals surface area (Å²) in [5.41, 5.74) is 1.65. The van der Waals surface area contributed by atoms with Crippen molar-refractivity contribution in [3.05, 3.63) is 81.0 Å². The number of halogens is 2. The van der Waals surface area contributed by atoms with E-state index >= 15 is 0 Å². The van der Waals surface area contributed by atoms with E-state index in [1.807, 2.05) is 50.3 Å². The molecule has 2 heterocycles. The van der Waals surface area contributed by atoms with Crippen LogP contribution in [0.3, 0.4) is 0 Å². The number of fused-ring (bicyclic) bond motifs is 1. The fraction of sp³-hybridized carbons (Fsp3) is 0.400. The summed E-state index contributed by atoms with van der Waals surface area (Å²) in [5.74, 6) is 1.35. The van der Waals surface area contributed by atoms with Crippen LogP contribution in [-0.4, -0.2) is 27.3 Å². The number of rotatable bonds is 4. The van der Waals surface area contributed by atoms with E-state index in [0.717, 1.165) is 36.3 Å². The van der Waals surface area contributed by atoms with E-state index in [1.54, 1.807) is 0 Å². The molecule has 2 aliphatic carbocycles. The lowest BCUT2D eigenvalue weighted by molar-refractivity contribution is 0.161. The highest BCUT2D eigenvalue weighted by molar-refractivity contribution is 6.31. The molecule has 0 radical (unpaired) electrons. The number of hydrogen-bond donors (Lipinski definition) is 1. The zero-order valence-corrected chi connectivity index (χ0v) is 20.7. The van der Waals surface area contributed by atoms with E-state index in [1.165, 1.54) is 4.68 Å². The summed E-state index contributed by atoms with van der Waals surface area (Å²) >= 11 is 12.7. The van der Waals surface area contributed by atoms with Gasteiger partial charge in [-0.3, -0.25) is 4.79 Å². The van der Waals surface area contributed by atoms with Gasteiger partial charge in [-0.15, -0.1) is 11.6 Å². The van der Waals surface area contributed by atoms with E-state index in [-0.39, 0.29) is 22.9 Å². The molecular formula is C25H30Cl2N4O2. The van der Waals surface area contributed by atoms with Crippen LogP contribution in [0.15, 0.2) is 69.8 Å². The fourth-order valence-corrected chi connectivity index (χ4v) is 4.13. The first-order valence-corrected chi connectivity index (χ1v) is 12.1. The molecule has 8 heteroatoms. The predicted molar refractivity (Wildman–Crippen MR) is 137 cm³/mol. The van der Waals surface area contributed by atoms with Crippen molar-refractivity contribution in [1.82, 2.24) is 9.66 Å². The molecule has 0 saturated heterocycles. The molecule has 1 aromatic rings. The van der Waals surface area contributed by atoms with Gasteiger partial charge in [-0.25, -0.2) is 4.98 Å². The number of anilines is 1. The molecule has 0 spiro atoms. The standard InChI is InChI=1S/C23H24Cl2N4O2.C2H6/c1-15-12-17(24)10-6-7-11-20(15)31-14-19-21(25)22(30)29-23(27-19)26-13-18(28-29)16-8-4-2-3-5-9-16;1-2/h2,4-6,8-11,15,17H,3,7,12-14H2,1H3,(H,26,27);1-2H3/b10-6-,20-11+;. The summed E-state index contributed by atoms with van der Waals surface area (Å²) in [6, 6.07) is 0. The lowest BCUT2D eigenvalue weighted by Crippen LogP contribution is -2.32. The molecule has 1 aromatic heterocycles. The van der Waals surface area contributed by atoms with Gasteiger partial charge in [0.15, 0.2) is 0 Å². The van der Waals surface area contributed by atoms with Crippen LogP contribution in [0.25, 0.3) is 0 Å². The molecule has 3 aliphatic rings. The SMILES string of the molecule is CC.CC1CC(Cl)/C=C\C/C=C\1OCc1nc2n(c(=O)c1Cl)N=C(C1=CC=CCC=C1)CN2. The van der Waals surface area contributed by atoms with Crippen molar-refractivity contribution in [2.24, 2.45) is 11.0 Å². The van der Waals surface area contributed by atoms with Gasteiger partial charge in [0.2, 0.25) is 5.95 Å². The number of nitrogens with one attached hydrogen (secondary N) is 1. The van der Waals surface area contributed by atoms with Gasteiger partial charge in [-0.2, -0.15) is 9.78 Å². The summed E-state index contributed by atoms with van der Waals surface area (Å²) in [7, 11) is 0. The fourth-order valence-electron chi connectivity index (χ4n) is 3.59. The van der Waals surface area contributed by atoms with Gasteiger partial charge in [0.05, 0.1) is 23.4 Å². The van der Waals surface area contributed by atoms with E-state index in [0.29, 0.717) is 18.2 Å². The molecule has 33 heavy (non-hydrogen) atoms. The molecule has 6 nitrogen and oxygen atoms in total. The van der Waals surface area contributed by atoms with Crippen LogP contribution in [0.2, 0.25) is 5.02 Å². The summed E-state index contributed by atoms with van der Waals surface area (Å²) in [6.45, 7) is 6.64. The third kappa shape index (κ3) is 6.27. The molecule has 0 aromatic carbocycles. The monoisotopic (exact) mass is 488 g/mol. The van der Waals surface area contributed by atoms with Crippen molar-refractivity contribution >= 4 is 34.9 Å². The normalized spacial score (nSPS) is 24.2. The Morgan fingerprint density at radius 3 is 2.88 bits per heavy atom. The van der Waals surface area contributed by atoms with Gasteiger partial charge in [-0.05, 0) is 30.9 Å². The van der Waals surface area contributed by atoms with Crippen LogP contribution in [0.1, 0.15) is 45.7 Å². The Balaban J connectivity index is 0.00000149. The van der Waals surface area contributed by atoms with Crippen LogP contribution >= 0.6 is 23.2 Å². The van der Waals surface area contributed by atoms with Crippen molar-refractivity contribution in [2.45, 2.75) is 52.0 Å². The lowest BCUT2D eigenvalue weighted by Gasteiger charge is -2.22. The van der Waals surface area contributed by atoms with E-state index in [4.69, 9.17) is 27.9 Å². The number of aromatic nitrogens is 2. The second-order valence-electron chi connectivity index (χ2n) is 7.61. The first kappa shape index (κ1) is 25.1. The average Bonchev–Trinajstić information content (AvgIpc) is 3.11. The van der Waals surface area contributed by atoms with Gasteiger partial charge in [0.1, 0.15) is 17.3 Å².